The van der Waals surface area contributed by atoms with Crippen LogP contribution < -0.4 is 0 Å². The van der Waals surface area contributed by atoms with Crippen molar-refractivity contribution >= 4 is 0 Å². The van der Waals surface area contributed by atoms with E-state index in [4.69, 9.17) is 4.74 Å². The molecule has 0 saturated heterocycles. The topological polar surface area (TPSA) is 9.23 Å². The number of hydrogen-bond acceptors (Lipinski definition) is 1. The second kappa shape index (κ2) is 4.45. The van der Waals surface area contributed by atoms with Crippen LogP contribution in [0.3, 0.4) is 0 Å². The molecule has 0 aromatic rings. The van der Waals surface area contributed by atoms with E-state index in [1.165, 1.54) is 0 Å². The van der Waals surface area contributed by atoms with E-state index in [1.54, 1.807) is 0 Å². The van der Waals surface area contributed by atoms with Gasteiger partial charge in [0.05, 0.1) is 5.60 Å². The van der Waals surface area contributed by atoms with Crippen LogP contribution in [0.25, 0.3) is 0 Å². The average molecular weight is 186 g/mol. The van der Waals surface area contributed by atoms with Gasteiger partial charge in [0, 0.05) is 6.61 Å². The van der Waals surface area contributed by atoms with Crippen molar-refractivity contribution in [1.82, 2.24) is 0 Å². The highest BCUT2D eigenvalue weighted by Crippen LogP contribution is 2.29. The lowest BCUT2D eigenvalue weighted by molar-refractivity contribution is -0.0540. The van der Waals surface area contributed by atoms with Gasteiger partial charge in [0.2, 0.25) is 0 Å². The molecule has 0 aromatic heterocycles. The van der Waals surface area contributed by atoms with E-state index >= 15 is 0 Å². The van der Waals surface area contributed by atoms with Crippen LogP contribution in [0, 0.1) is 11.3 Å². The van der Waals surface area contributed by atoms with Crippen LogP contribution in [0.15, 0.2) is 0 Å². The van der Waals surface area contributed by atoms with Gasteiger partial charge < -0.3 is 4.74 Å². The molecule has 0 heterocycles. The third-order valence-corrected chi connectivity index (χ3v) is 1.76. The predicted octanol–water partition coefficient (Wildman–Crippen LogP) is 3.87. The zero-order chi connectivity index (χ0) is 10.7. The summed E-state index contributed by atoms with van der Waals surface area (Å²) in [6.45, 7) is 16.4. The molecule has 0 unspecified atom stereocenters. The van der Waals surface area contributed by atoms with Gasteiger partial charge in [-0.3, -0.25) is 0 Å². The molecule has 13 heavy (non-hydrogen) atoms. The average Bonchev–Trinajstić information content (AvgIpc) is 1.78. The first-order chi connectivity index (χ1) is 5.62. The fourth-order valence-corrected chi connectivity index (χ4v) is 1.72. The third-order valence-electron chi connectivity index (χ3n) is 1.76. The molecule has 0 fully saturated rings. The summed E-state index contributed by atoms with van der Waals surface area (Å²) in [4.78, 5) is 0. The highest BCUT2D eigenvalue weighted by molar-refractivity contribution is 4.77. The molecule has 1 nitrogen and oxygen atoms in total. The first-order valence-corrected chi connectivity index (χ1v) is 5.26. The van der Waals surface area contributed by atoms with E-state index in [2.05, 4.69) is 48.5 Å². The summed E-state index contributed by atoms with van der Waals surface area (Å²) in [5.41, 5.74) is 0.364. The SMILES string of the molecule is CC(C)COC(C)(C)CC(C)(C)C. The van der Waals surface area contributed by atoms with Gasteiger partial charge in [0.25, 0.3) is 0 Å². The quantitative estimate of drug-likeness (QED) is 0.647. The molecule has 0 atom stereocenters. The van der Waals surface area contributed by atoms with Crippen molar-refractivity contribution in [3.05, 3.63) is 0 Å². The highest BCUT2D eigenvalue weighted by Gasteiger charge is 2.26. The number of ether oxygens (including phenoxy) is 1. The molecule has 0 amide bonds. The van der Waals surface area contributed by atoms with E-state index < -0.39 is 0 Å². The first kappa shape index (κ1) is 13.0. The minimum atomic E-state index is 0.0164. The summed E-state index contributed by atoms with van der Waals surface area (Å²) in [5.74, 6) is 0.624. The van der Waals surface area contributed by atoms with Gasteiger partial charge in [-0.1, -0.05) is 34.6 Å². The summed E-state index contributed by atoms with van der Waals surface area (Å²) in [6.07, 6.45) is 1.10. The fraction of sp³-hybridized carbons (Fsp3) is 1.00. The highest BCUT2D eigenvalue weighted by atomic mass is 16.5. The molecule has 0 rings (SSSR count). The lowest BCUT2D eigenvalue weighted by Gasteiger charge is -2.33. The van der Waals surface area contributed by atoms with Gasteiger partial charge in [-0.2, -0.15) is 0 Å². The van der Waals surface area contributed by atoms with Crippen LogP contribution in [-0.4, -0.2) is 12.2 Å². The maximum atomic E-state index is 5.87. The predicted molar refractivity (Wildman–Crippen MR) is 58.9 cm³/mol. The number of rotatable bonds is 4. The summed E-state index contributed by atoms with van der Waals surface area (Å²) < 4.78 is 5.87. The molecular formula is C12H26O. The molecule has 0 aliphatic rings. The number of hydrogen-bond donors (Lipinski definition) is 0. The van der Waals surface area contributed by atoms with Crippen molar-refractivity contribution in [3.8, 4) is 0 Å². The zero-order valence-electron chi connectivity index (χ0n) is 10.4. The Labute approximate surface area is 83.9 Å². The molecule has 0 spiro atoms. The Morgan fingerprint density at radius 2 is 1.46 bits per heavy atom. The molecule has 80 valence electrons. The van der Waals surface area contributed by atoms with Crippen molar-refractivity contribution < 1.29 is 4.74 Å². The maximum Gasteiger partial charge on any atom is 0.0631 e. The van der Waals surface area contributed by atoms with E-state index in [0.29, 0.717) is 11.3 Å². The Kier molecular flexibility index (Phi) is 4.44. The first-order valence-electron chi connectivity index (χ1n) is 5.26. The molecular weight excluding hydrogens is 160 g/mol. The second-order valence-electron chi connectivity index (χ2n) is 6.20. The van der Waals surface area contributed by atoms with Gasteiger partial charge in [-0.05, 0) is 31.6 Å². The molecule has 0 aliphatic heterocycles. The summed E-state index contributed by atoms with van der Waals surface area (Å²) in [6, 6.07) is 0. The molecule has 0 bridgehead atoms. The van der Waals surface area contributed by atoms with Crippen LogP contribution in [0.2, 0.25) is 0 Å². The van der Waals surface area contributed by atoms with E-state index in [-0.39, 0.29) is 5.60 Å². The molecule has 0 aromatic carbocycles. The van der Waals surface area contributed by atoms with E-state index in [0.717, 1.165) is 13.0 Å². The zero-order valence-corrected chi connectivity index (χ0v) is 10.4. The fourth-order valence-electron chi connectivity index (χ4n) is 1.72. The molecule has 0 saturated carbocycles. The Morgan fingerprint density at radius 1 is 1.00 bits per heavy atom. The monoisotopic (exact) mass is 186 g/mol. The van der Waals surface area contributed by atoms with E-state index in [9.17, 15) is 0 Å². The Balaban J connectivity index is 3.94. The maximum absolute atomic E-state index is 5.87. The second-order valence-corrected chi connectivity index (χ2v) is 6.20. The molecule has 0 aliphatic carbocycles. The van der Waals surface area contributed by atoms with Gasteiger partial charge in [0.1, 0.15) is 0 Å². The van der Waals surface area contributed by atoms with Gasteiger partial charge >= 0.3 is 0 Å². The molecule has 0 N–H and O–H groups in total. The largest absolute Gasteiger partial charge is 0.375 e. The van der Waals surface area contributed by atoms with Crippen molar-refractivity contribution in [2.75, 3.05) is 6.61 Å². The van der Waals surface area contributed by atoms with Crippen molar-refractivity contribution in [1.29, 1.82) is 0 Å². The summed E-state index contributed by atoms with van der Waals surface area (Å²) >= 11 is 0. The lowest BCUT2D eigenvalue weighted by atomic mass is 9.83. The standard InChI is InChI=1S/C12H26O/c1-10(2)8-13-12(6,7)9-11(3,4)5/h10H,8-9H2,1-7H3. The van der Waals surface area contributed by atoms with Gasteiger partial charge in [-0.25, -0.2) is 0 Å². The van der Waals surface area contributed by atoms with Crippen LogP contribution in [0.5, 0.6) is 0 Å². The van der Waals surface area contributed by atoms with Crippen molar-refractivity contribution in [2.24, 2.45) is 11.3 Å². The Bertz CT molecular complexity index is 140. The van der Waals surface area contributed by atoms with Crippen LogP contribution in [0.4, 0.5) is 0 Å². The van der Waals surface area contributed by atoms with Crippen molar-refractivity contribution in [3.63, 3.8) is 0 Å². The van der Waals surface area contributed by atoms with E-state index in [1.807, 2.05) is 0 Å². The minimum Gasteiger partial charge on any atom is -0.375 e. The normalized spacial score (nSPS) is 13.8. The lowest BCUT2D eigenvalue weighted by Crippen LogP contribution is -2.31. The van der Waals surface area contributed by atoms with Crippen LogP contribution in [-0.2, 0) is 4.74 Å². The Hall–Kier alpha value is -0.0400. The molecule has 1 heteroatoms. The van der Waals surface area contributed by atoms with Gasteiger partial charge in [0.15, 0.2) is 0 Å². The van der Waals surface area contributed by atoms with Crippen LogP contribution >= 0.6 is 0 Å². The summed E-state index contributed by atoms with van der Waals surface area (Å²) in [7, 11) is 0. The smallest absolute Gasteiger partial charge is 0.0631 e. The van der Waals surface area contributed by atoms with Crippen molar-refractivity contribution in [2.45, 2.75) is 60.5 Å². The van der Waals surface area contributed by atoms with Gasteiger partial charge in [-0.15, -0.1) is 0 Å². The summed E-state index contributed by atoms with van der Waals surface area (Å²) in [5, 5.41) is 0. The Morgan fingerprint density at radius 3 is 1.77 bits per heavy atom. The van der Waals surface area contributed by atoms with Crippen LogP contribution in [0.1, 0.15) is 54.9 Å². The third kappa shape index (κ3) is 8.29. The minimum absolute atomic E-state index is 0.0164. The molecule has 0 radical (unpaired) electrons.